The summed E-state index contributed by atoms with van der Waals surface area (Å²) >= 11 is 3.57. The summed E-state index contributed by atoms with van der Waals surface area (Å²) in [6.45, 7) is 1.18. The van der Waals surface area contributed by atoms with E-state index in [0.717, 1.165) is 10.9 Å². The predicted molar refractivity (Wildman–Crippen MR) is 70.7 cm³/mol. The van der Waals surface area contributed by atoms with Crippen molar-refractivity contribution in [2.24, 2.45) is 0 Å². The Morgan fingerprint density at radius 3 is 3.12 bits per heavy atom. The number of aromatic amines is 1. The molecule has 1 unspecified atom stereocenters. The normalized spacial score (nSPS) is 20.7. The molecule has 3 heteroatoms. The molecule has 1 aromatic carbocycles. The van der Waals surface area contributed by atoms with Crippen molar-refractivity contribution < 1.29 is 0 Å². The van der Waals surface area contributed by atoms with E-state index in [1.807, 2.05) is 6.20 Å². The third-order valence-electron chi connectivity index (χ3n) is 3.38. The molecule has 1 fully saturated rings. The van der Waals surface area contributed by atoms with Crippen LogP contribution in [0.4, 0.5) is 0 Å². The number of rotatable bonds is 2. The van der Waals surface area contributed by atoms with E-state index in [-0.39, 0.29) is 0 Å². The maximum absolute atomic E-state index is 3.57. The molecule has 2 N–H and O–H groups in total. The average molecular weight is 279 g/mol. The molecule has 0 bridgehead atoms. The zero-order chi connectivity index (χ0) is 11.0. The van der Waals surface area contributed by atoms with Crippen molar-refractivity contribution in [2.75, 3.05) is 6.54 Å². The number of para-hydroxylation sites is 1. The number of H-pyrrole nitrogens is 1. The monoisotopic (exact) mass is 278 g/mol. The lowest BCUT2D eigenvalue weighted by Crippen LogP contribution is -2.23. The van der Waals surface area contributed by atoms with Gasteiger partial charge < -0.3 is 10.3 Å². The van der Waals surface area contributed by atoms with E-state index in [4.69, 9.17) is 0 Å². The topological polar surface area (TPSA) is 27.8 Å². The summed E-state index contributed by atoms with van der Waals surface area (Å²) in [5.74, 6) is 0. The standard InChI is InChI=1S/C13H15BrN2/c14-12-8-16-13-9(3-1-5-11(12)13)7-10-4-2-6-15-10/h1,3,5,8,10,15-16H,2,4,6-7H2. The minimum Gasteiger partial charge on any atom is -0.360 e. The van der Waals surface area contributed by atoms with Crippen molar-refractivity contribution in [3.05, 3.63) is 34.4 Å². The Morgan fingerprint density at radius 2 is 2.31 bits per heavy atom. The van der Waals surface area contributed by atoms with Crippen LogP contribution in [0.5, 0.6) is 0 Å². The summed E-state index contributed by atoms with van der Waals surface area (Å²) in [4.78, 5) is 3.36. The molecule has 1 atom stereocenters. The van der Waals surface area contributed by atoms with Crippen molar-refractivity contribution in [1.29, 1.82) is 0 Å². The van der Waals surface area contributed by atoms with E-state index in [2.05, 4.69) is 44.4 Å². The van der Waals surface area contributed by atoms with E-state index in [1.54, 1.807) is 0 Å². The third kappa shape index (κ3) is 1.78. The van der Waals surface area contributed by atoms with Gasteiger partial charge in [-0.2, -0.15) is 0 Å². The number of fused-ring (bicyclic) bond motifs is 1. The Bertz CT molecular complexity index is 498. The highest BCUT2D eigenvalue weighted by molar-refractivity contribution is 9.10. The Balaban J connectivity index is 1.96. The van der Waals surface area contributed by atoms with Crippen LogP contribution in [-0.2, 0) is 6.42 Å². The van der Waals surface area contributed by atoms with E-state index in [9.17, 15) is 0 Å². The summed E-state index contributed by atoms with van der Waals surface area (Å²) in [7, 11) is 0. The Hall–Kier alpha value is -0.800. The van der Waals surface area contributed by atoms with Gasteiger partial charge in [0.15, 0.2) is 0 Å². The molecule has 0 radical (unpaired) electrons. The maximum atomic E-state index is 3.57. The van der Waals surface area contributed by atoms with Crippen LogP contribution in [0.3, 0.4) is 0 Å². The number of aromatic nitrogens is 1. The first-order chi connectivity index (χ1) is 7.84. The highest BCUT2D eigenvalue weighted by Crippen LogP contribution is 2.27. The smallest absolute Gasteiger partial charge is 0.0498 e. The van der Waals surface area contributed by atoms with Crippen LogP contribution >= 0.6 is 15.9 Å². The SMILES string of the molecule is Brc1c[nH]c2c(CC3CCCN3)cccc12. The van der Waals surface area contributed by atoms with E-state index in [0.29, 0.717) is 6.04 Å². The van der Waals surface area contributed by atoms with Gasteiger partial charge in [0.2, 0.25) is 0 Å². The Labute approximate surface area is 104 Å². The zero-order valence-electron chi connectivity index (χ0n) is 9.09. The number of nitrogens with one attached hydrogen (secondary N) is 2. The molecule has 1 aromatic heterocycles. The van der Waals surface area contributed by atoms with Gasteiger partial charge in [0.25, 0.3) is 0 Å². The second-order valence-electron chi connectivity index (χ2n) is 4.47. The first kappa shape index (κ1) is 10.4. The van der Waals surface area contributed by atoms with Gasteiger partial charge >= 0.3 is 0 Å². The number of benzene rings is 1. The second-order valence-corrected chi connectivity index (χ2v) is 5.33. The zero-order valence-corrected chi connectivity index (χ0v) is 10.7. The summed E-state index contributed by atoms with van der Waals surface area (Å²) < 4.78 is 1.16. The fourth-order valence-electron chi connectivity index (χ4n) is 2.55. The van der Waals surface area contributed by atoms with Crippen LogP contribution < -0.4 is 5.32 Å². The second kappa shape index (κ2) is 4.22. The number of hydrogen-bond donors (Lipinski definition) is 2. The predicted octanol–water partition coefficient (Wildman–Crippen LogP) is 3.22. The van der Waals surface area contributed by atoms with Crippen LogP contribution in [0, 0.1) is 0 Å². The lowest BCUT2D eigenvalue weighted by Gasteiger charge is -2.10. The van der Waals surface area contributed by atoms with Gasteiger partial charge in [-0.05, 0) is 47.3 Å². The van der Waals surface area contributed by atoms with Crippen molar-refractivity contribution in [3.63, 3.8) is 0 Å². The van der Waals surface area contributed by atoms with Crippen LogP contribution in [-0.4, -0.2) is 17.6 Å². The first-order valence-corrected chi connectivity index (χ1v) is 6.62. The van der Waals surface area contributed by atoms with Gasteiger partial charge in [0.05, 0.1) is 0 Å². The van der Waals surface area contributed by atoms with E-state index in [1.165, 1.54) is 35.9 Å². The molecule has 3 rings (SSSR count). The summed E-state index contributed by atoms with van der Waals surface area (Å²) in [5.41, 5.74) is 2.70. The number of hydrogen-bond acceptors (Lipinski definition) is 1. The van der Waals surface area contributed by atoms with E-state index < -0.39 is 0 Å². The molecule has 0 spiro atoms. The summed E-state index contributed by atoms with van der Waals surface area (Å²) in [6.07, 6.45) is 5.77. The third-order valence-corrected chi connectivity index (χ3v) is 4.04. The largest absolute Gasteiger partial charge is 0.360 e. The molecule has 0 saturated carbocycles. The molecule has 2 nitrogen and oxygen atoms in total. The van der Waals surface area contributed by atoms with Gasteiger partial charge in [-0.3, -0.25) is 0 Å². The first-order valence-electron chi connectivity index (χ1n) is 5.82. The molecular weight excluding hydrogens is 264 g/mol. The molecule has 16 heavy (non-hydrogen) atoms. The molecule has 84 valence electrons. The molecule has 2 heterocycles. The minimum absolute atomic E-state index is 0.660. The average Bonchev–Trinajstić information content (AvgIpc) is 2.90. The highest BCUT2D eigenvalue weighted by Gasteiger charge is 2.16. The molecule has 0 amide bonds. The molecule has 1 aliphatic rings. The van der Waals surface area contributed by atoms with Gasteiger partial charge in [0, 0.05) is 27.6 Å². The van der Waals surface area contributed by atoms with Crippen LogP contribution in [0.15, 0.2) is 28.9 Å². The van der Waals surface area contributed by atoms with Crippen molar-refractivity contribution >= 4 is 26.8 Å². The number of halogens is 1. The molecule has 1 aliphatic heterocycles. The van der Waals surface area contributed by atoms with E-state index >= 15 is 0 Å². The van der Waals surface area contributed by atoms with Crippen molar-refractivity contribution in [3.8, 4) is 0 Å². The van der Waals surface area contributed by atoms with Crippen LogP contribution in [0.1, 0.15) is 18.4 Å². The Morgan fingerprint density at radius 1 is 1.38 bits per heavy atom. The quantitative estimate of drug-likeness (QED) is 0.868. The maximum Gasteiger partial charge on any atom is 0.0498 e. The van der Waals surface area contributed by atoms with Gasteiger partial charge in [-0.1, -0.05) is 18.2 Å². The molecule has 2 aromatic rings. The van der Waals surface area contributed by atoms with Crippen molar-refractivity contribution in [1.82, 2.24) is 10.3 Å². The minimum atomic E-state index is 0.660. The summed E-state index contributed by atoms with van der Waals surface area (Å²) in [6, 6.07) is 7.19. The van der Waals surface area contributed by atoms with Crippen LogP contribution in [0.25, 0.3) is 10.9 Å². The van der Waals surface area contributed by atoms with Crippen LogP contribution in [0.2, 0.25) is 0 Å². The van der Waals surface area contributed by atoms with Gasteiger partial charge in [-0.25, -0.2) is 0 Å². The molecular formula is C13H15BrN2. The fourth-order valence-corrected chi connectivity index (χ4v) is 2.99. The van der Waals surface area contributed by atoms with Crippen molar-refractivity contribution in [2.45, 2.75) is 25.3 Å². The highest BCUT2D eigenvalue weighted by atomic mass is 79.9. The summed E-state index contributed by atoms with van der Waals surface area (Å²) in [5, 5.41) is 4.84. The lowest BCUT2D eigenvalue weighted by atomic mass is 10.0. The van der Waals surface area contributed by atoms with Gasteiger partial charge in [0.1, 0.15) is 0 Å². The lowest BCUT2D eigenvalue weighted by molar-refractivity contribution is 0.604. The van der Waals surface area contributed by atoms with Gasteiger partial charge in [-0.15, -0.1) is 0 Å². The fraction of sp³-hybridized carbons (Fsp3) is 0.385. The molecule has 0 aliphatic carbocycles. The molecule has 1 saturated heterocycles. The Kier molecular flexibility index (Phi) is 2.74.